The average molecular weight is 296 g/mol. The molecule has 0 atom stereocenters. The van der Waals surface area contributed by atoms with Gasteiger partial charge in [-0.3, -0.25) is 14.3 Å². The SMILES string of the molecule is CCCCCCCCCCNc1c(N)n(C)c(=O)[nH]c1=O. The molecule has 0 aliphatic heterocycles. The summed E-state index contributed by atoms with van der Waals surface area (Å²) in [4.78, 5) is 25.2. The van der Waals surface area contributed by atoms with Gasteiger partial charge in [0.15, 0.2) is 0 Å². The van der Waals surface area contributed by atoms with Crippen LogP contribution >= 0.6 is 0 Å². The number of rotatable bonds is 10. The Hall–Kier alpha value is -1.72. The zero-order valence-corrected chi connectivity index (χ0v) is 13.2. The van der Waals surface area contributed by atoms with Crippen molar-refractivity contribution in [2.24, 2.45) is 7.05 Å². The summed E-state index contributed by atoms with van der Waals surface area (Å²) in [5.74, 6) is 0.184. The molecule has 0 fully saturated rings. The van der Waals surface area contributed by atoms with Crippen molar-refractivity contribution >= 4 is 11.5 Å². The van der Waals surface area contributed by atoms with E-state index in [4.69, 9.17) is 5.73 Å². The van der Waals surface area contributed by atoms with Gasteiger partial charge in [-0.25, -0.2) is 4.79 Å². The van der Waals surface area contributed by atoms with Crippen LogP contribution in [0.5, 0.6) is 0 Å². The quantitative estimate of drug-likeness (QED) is 0.577. The van der Waals surface area contributed by atoms with E-state index in [0.29, 0.717) is 12.2 Å². The third kappa shape index (κ3) is 5.65. The Morgan fingerprint density at radius 3 is 2.24 bits per heavy atom. The summed E-state index contributed by atoms with van der Waals surface area (Å²) in [5.41, 5.74) is 5.13. The number of nitrogens with two attached hydrogens (primary N) is 1. The van der Waals surface area contributed by atoms with Crippen LogP contribution in [0, 0.1) is 0 Å². The van der Waals surface area contributed by atoms with Crippen molar-refractivity contribution in [2.45, 2.75) is 58.3 Å². The molecule has 0 aliphatic rings. The van der Waals surface area contributed by atoms with Gasteiger partial charge in [0.05, 0.1) is 0 Å². The molecular weight excluding hydrogens is 268 g/mol. The van der Waals surface area contributed by atoms with Gasteiger partial charge in [-0.1, -0.05) is 51.9 Å². The highest BCUT2D eigenvalue weighted by Gasteiger charge is 2.08. The molecule has 0 radical (unpaired) electrons. The van der Waals surface area contributed by atoms with Gasteiger partial charge in [0.25, 0.3) is 5.56 Å². The van der Waals surface area contributed by atoms with Gasteiger partial charge < -0.3 is 11.1 Å². The summed E-state index contributed by atoms with van der Waals surface area (Å²) in [6, 6.07) is 0. The summed E-state index contributed by atoms with van der Waals surface area (Å²) in [6.07, 6.45) is 9.90. The maximum atomic E-state index is 11.7. The van der Waals surface area contributed by atoms with Crippen molar-refractivity contribution in [3.8, 4) is 0 Å². The van der Waals surface area contributed by atoms with Crippen molar-refractivity contribution in [2.75, 3.05) is 17.6 Å². The van der Waals surface area contributed by atoms with E-state index in [9.17, 15) is 9.59 Å². The molecule has 120 valence electrons. The molecule has 1 aromatic rings. The number of H-pyrrole nitrogens is 1. The Balaban J connectivity index is 2.26. The number of aromatic nitrogens is 2. The van der Waals surface area contributed by atoms with Crippen LogP contribution in [-0.2, 0) is 7.05 Å². The number of aromatic amines is 1. The van der Waals surface area contributed by atoms with Crippen LogP contribution in [0.2, 0.25) is 0 Å². The maximum absolute atomic E-state index is 11.7. The summed E-state index contributed by atoms with van der Waals surface area (Å²) < 4.78 is 1.23. The Bertz CT molecular complexity index is 533. The predicted molar refractivity (Wildman–Crippen MR) is 87.8 cm³/mol. The lowest BCUT2D eigenvalue weighted by atomic mass is 10.1. The molecule has 1 aromatic heterocycles. The highest BCUT2D eigenvalue weighted by molar-refractivity contribution is 5.60. The molecule has 0 aliphatic carbocycles. The van der Waals surface area contributed by atoms with Crippen molar-refractivity contribution in [3.63, 3.8) is 0 Å². The molecule has 0 spiro atoms. The molecular formula is C15H28N4O2. The molecule has 0 aromatic carbocycles. The summed E-state index contributed by atoms with van der Waals surface area (Å²) in [6.45, 7) is 2.92. The molecule has 0 saturated heterocycles. The highest BCUT2D eigenvalue weighted by Crippen LogP contribution is 2.10. The van der Waals surface area contributed by atoms with Gasteiger partial charge in [-0.15, -0.1) is 0 Å². The minimum atomic E-state index is -0.491. The van der Waals surface area contributed by atoms with Gasteiger partial charge in [0.1, 0.15) is 11.5 Å². The Morgan fingerprint density at radius 1 is 1.05 bits per heavy atom. The fourth-order valence-corrected chi connectivity index (χ4v) is 2.28. The van der Waals surface area contributed by atoms with Gasteiger partial charge in [0, 0.05) is 13.6 Å². The second kappa shape index (κ2) is 9.26. The van der Waals surface area contributed by atoms with Gasteiger partial charge >= 0.3 is 5.69 Å². The first-order valence-corrected chi connectivity index (χ1v) is 7.90. The standard InChI is InChI=1S/C15H28N4O2/c1-3-4-5-6-7-8-9-10-11-17-12-13(16)19(2)15(21)18-14(12)20/h17H,3-11,16H2,1-2H3,(H,18,20,21). The van der Waals surface area contributed by atoms with E-state index in [-0.39, 0.29) is 5.82 Å². The molecule has 1 heterocycles. The second-order valence-corrected chi connectivity index (χ2v) is 5.48. The van der Waals surface area contributed by atoms with Crippen LogP contribution in [0.4, 0.5) is 11.5 Å². The fraction of sp³-hybridized carbons (Fsp3) is 0.733. The molecule has 0 saturated carbocycles. The highest BCUT2D eigenvalue weighted by atomic mass is 16.2. The molecule has 0 amide bonds. The van der Waals surface area contributed by atoms with Crippen LogP contribution in [0.25, 0.3) is 0 Å². The largest absolute Gasteiger partial charge is 0.383 e. The Kier molecular flexibility index (Phi) is 7.64. The lowest BCUT2D eigenvalue weighted by molar-refractivity contribution is 0.581. The minimum Gasteiger partial charge on any atom is -0.383 e. The smallest absolute Gasteiger partial charge is 0.329 e. The van der Waals surface area contributed by atoms with E-state index in [2.05, 4.69) is 17.2 Å². The number of unbranched alkanes of at least 4 members (excludes halogenated alkanes) is 7. The zero-order chi connectivity index (χ0) is 15.7. The number of nitrogens with zero attached hydrogens (tertiary/aromatic N) is 1. The predicted octanol–water partition coefficient (Wildman–Crippen LogP) is 2.21. The topological polar surface area (TPSA) is 92.9 Å². The van der Waals surface area contributed by atoms with Crippen LogP contribution in [0.1, 0.15) is 58.3 Å². The molecule has 21 heavy (non-hydrogen) atoms. The lowest BCUT2D eigenvalue weighted by Crippen LogP contribution is -2.32. The van der Waals surface area contributed by atoms with Crippen LogP contribution in [-0.4, -0.2) is 16.1 Å². The van der Waals surface area contributed by atoms with Gasteiger partial charge in [-0.05, 0) is 6.42 Å². The molecule has 4 N–H and O–H groups in total. The van der Waals surface area contributed by atoms with Gasteiger partial charge in [0.2, 0.25) is 0 Å². The van der Waals surface area contributed by atoms with E-state index in [1.165, 1.54) is 50.1 Å². The normalized spacial score (nSPS) is 10.8. The van der Waals surface area contributed by atoms with E-state index >= 15 is 0 Å². The van der Waals surface area contributed by atoms with Crippen LogP contribution < -0.4 is 22.3 Å². The summed E-state index contributed by atoms with van der Waals surface area (Å²) in [5, 5.41) is 3.03. The lowest BCUT2D eigenvalue weighted by Gasteiger charge is -2.10. The monoisotopic (exact) mass is 296 g/mol. The van der Waals surface area contributed by atoms with Crippen molar-refractivity contribution in [1.82, 2.24) is 9.55 Å². The Morgan fingerprint density at radius 2 is 1.62 bits per heavy atom. The number of nitrogens with one attached hydrogen (secondary N) is 2. The average Bonchev–Trinajstić information content (AvgIpc) is 2.46. The molecule has 0 unspecified atom stereocenters. The first-order valence-electron chi connectivity index (χ1n) is 7.90. The number of hydrogen-bond acceptors (Lipinski definition) is 4. The maximum Gasteiger partial charge on any atom is 0.329 e. The molecule has 0 bridgehead atoms. The van der Waals surface area contributed by atoms with Crippen LogP contribution in [0.3, 0.4) is 0 Å². The number of anilines is 2. The fourth-order valence-electron chi connectivity index (χ4n) is 2.28. The first-order chi connectivity index (χ1) is 10.1. The number of hydrogen-bond donors (Lipinski definition) is 3. The van der Waals surface area contributed by atoms with E-state index in [1.807, 2.05) is 0 Å². The van der Waals surface area contributed by atoms with E-state index < -0.39 is 11.2 Å². The van der Waals surface area contributed by atoms with Gasteiger partial charge in [-0.2, -0.15) is 0 Å². The van der Waals surface area contributed by atoms with E-state index in [0.717, 1.165) is 12.8 Å². The van der Waals surface area contributed by atoms with Crippen molar-refractivity contribution in [1.29, 1.82) is 0 Å². The second-order valence-electron chi connectivity index (χ2n) is 5.48. The summed E-state index contributed by atoms with van der Waals surface area (Å²) >= 11 is 0. The number of nitrogen functional groups attached to an aromatic ring is 1. The third-order valence-corrected chi connectivity index (χ3v) is 3.70. The minimum absolute atomic E-state index is 0.184. The van der Waals surface area contributed by atoms with Crippen LogP contribution in [0.15, 0.2) is 9.59 Å². The van der Waals surface area contributed by atoms with E-state index in [1.54, 1.807) is 0 Å². The molecule has 1 rings (SSSR count). The summed E-state index contributed by atoms with van der Waals surface area (Å²) in [7, 11) is 1.54. The Labute approximate surface area is 125 Å². The zero-order valence-electron chi connectivity index (χ0n) is 13.2. The van der Waals surface area contributed by atoms with Crippen molar-refractivity contribution < 1.29 is 0 Å². The first kappa shape index (κ1) is 17.3. The third-order valence-electron chi connectivity index (χ3n) is 3.70. The molecule has 6 nitrogen and oxygen atoms in total. The molecule has 6 heteroatoms. The van der Waals surface area contributed by atoms with Crippen molar-refractivity contribution in [3.05, 3.63) is 20.8 Å².